The quantitative estimate of drug-likeness (QED) is 0.354. The van der Waals surface area contributed by atoms with Gasteiger partial charge in [0.1, 0.15) is 6.61 Å². The molecule has 5 nitrogen and oxygen atoms in total. The molecule has 3 rings (SSSR count). The molecule has 0 amide bonds. The third kappa shape index (κ3) is 4.40. The van der Waals surface area contributed by atoms with E-state index in [1.54, 1.807) is 24.3 Å². The fourth-order valence-corrected chi connectivity index (χ4v) is 2.93. The van der Waals surface area contributed by atoms with Crippen molar-refractivity contribution in [2.24, 2.45) is 4.99 Å². The molecule has 2 aromatic rings. The van der Waals surface area contributed by atoms with Crippen LogP contribution in [0.5, 0.6) is 11.5 Å². The predicted molar refractivity (Wildman–Crippen MR) is 108 cm³/mol. The number of hydrogen-bond donors (Lipinski definition) is 0. The highest BCUT2D eigenvalue weighted by Crippen LogP contribution is 2.37. The van der Waals surface area contributed by atoms with Crippen LogP contribution in [0.25, 0.3) is 6.08 Å². The van der Waals surface area contributed by atoms with Gasteiger partial charge in [0.15, 0.2) is 17.2 Å². The van der Waals surface area contributed by atoms with Crippen molar-refractivity contribution in [3.63, 3.8) is 0 Å². The SMILES string of the molecule is C=CCOc1c(Cl)cc(/C=C2/N=C(c3ccc(Br)cc3)OC2=O)cc1OC. The number of benzene rings is 2. The number of rotatable bonds is 6. The summed E-state index contributed by atoms with van der Waals surface area (Å²) in [6.45, 7) is 3.90. The summed E-state index contributed by atoms with van der Waals surface area (Å²) in [6.07, 6.45) is 3.19. The minimum atomic E-state index is -0.532. The number of cyclic esters (lactones) is 1. The summed E-state index contributed by atoms with van der Waals surface area (Å²) in [7, 11) is 1.51. The van der Waals surface area contributed by atoms with Crippen LogP contribution in [0.3, 0.4) is 0 Å². The highest BCUT2D eigenvalue weighted by atomic mass is 79.9. The van der Waals surface area contributed by atoms with E-state index in [1.807, 2.05) is 24.3 Å². The minimum absolute atomic E-state index is 0.172. The van der Waals surface area contributed by atoms with Gasteiger partial charge in [-0.15, -0.1) is 0 Å². The van der Waals surface area contributed by atoms with Crippen LogP contribution in [0.2, 0.25) is 5.02 Å². The van der Waals surface area contributed by atoms with Gasteiger partial charge in [0.2, 0.25) is 5.90 Å². The standard InChI is InChI=1S/C20H15BrClNO4/c1-3-8-26-18-15(22)9-12(11-17(18)25-2)10-16-20(24)27-19(23-16)13-4-6-14(21)7-5-13/h3-7,9-11H,1,8H2,2H3/b16-10+. The highest BCUT2D eigenvalue weighted by Gasteiger charge is 2.24. The van der Waals surface area contributed by atoms with Gasteiger partial charge in [-0.05, 0) is 48.0 Å². The molecule has 0 bridgehead atoms. The first-order chi connectivity index (χ1) is 13.0. The molecule has 7 heteroatoms. The number of carbonyl (C=O) groups excluding carboxylic acids is 1. The lowest BCUT2D eigenvalue weighted by molar-refractivity contribution is -0.129. The first kappa shape index (κ1) is 19.2. The van der Waals surface area contributed by atoms with Crippen molar-refractivity contribution in [1.29, 1.82) is 0 Å². The van der Waals surface area contributed by atoms with Crippen LogP contribution in [0, 0.1) is 0 Å². The Kier molecular flexibility index (Phi) is 5.98. The largest absolute Gasteiger partial charge is 0.493 e. The van der Waals surface area contributed by atoms with Crippen molar-refractivity contribution < 1.29 is 19.0 Å². The van der Waals surface area contributed by atoms with Crippen molar-refractivity contribution in [2.75, 3.05) is 13.7 Å². The predicted octanol–water partition coefficient (Wildman–Crippen LogP) is 5.02. The lowest BCUT2D eigenvalue weighted by atomic mass is 10.1. The van der Waals surface area contributed by atoms with Gasteiger partial charge in [0.25, 0.3) is 0 Å². The Morgan fingerprint density at radius 1 is 1.30 bits per heavy atom. The Balaban J connectivity index is 1.93. The van der Waals surface area contributed by atoms with Crippen molar-refractivity contribution in [3.8, 4) is 11.5 Å². The Labute approximate surface area is 170 Å². The van der Waals surface area contributed by atoms with Gasteiger partial charge in [-0.3, -0.25) is 0 Å². The number of hydrogen-bond acceptors (Lipinski definition) is 5. The molecule has 0 saturated heterocycles. The van der Waals surface area contributed by atoms with Crippen molar-refractivity contribution >= 4 is 45.5 Å². The molecule has 0 aromatic heterocycles. The lowest BCUT2D eigenvalue weighted by Gasteiger charge is -2.12. The summed E-state index contributed by atoms with van der Waals surface area (Å²) >= 11 is 9.65. The van der Waals surface area contributed by atoms with E-state index in [-0.39, 0.29) is 11.6 Å². The molecule has 0 atom stereocenters. The number of methoxy groups -OCH3 is 1. The molecular weight excluding hydrogens is 434 g/mol. The van der Waals surface area contributed by atoms with E-state index >= 15 is 0 Å². The second-order valence-corrected chi connectivity index (χ2v) is 6.80. The smallest absolute Gasteiger partial charge is 0.363 e. The second-order valence-electron chi connectivity index (χ2n) is 5.48. The average molecular weight is 449 g/mol. The van der Waals surface area contributed by atoms with Crippen molar-refractivity contribution in [2.45, 2.75) is 0 Å². The minimum Gasteiger partial charge on any atom is -0.493 e. The van der Waals surface area contributed by atoms with E-state index in [0.717, 1.165) is 4.47 Å². The molecule has 0 radical (unpaired) electrons. The normalized spacial score (nSPS) is 14.7. The Hall–Kier alpha value is -2.57. The highest BCUT2D eigenvalue weighted by molar-refractivity contribution is 9.10. The van der Waals surface area contributed by atoms with Crippen LogP contribution in [0.15, 0.2) is 64.2 Å². The molecule has 27 heavy (non-hydrogen) atoms. The summed E-state index contributed by atoms with van der Waals surface area (Å²) in [5.74, 6) is 0.576. The van der Waals surface area contributed by atoms with E-state index in [9.17, 15) is 4.79 Å². The first-order valence-electron chi connectivity index (χ1n) is 7.91. The van der Waals surface area contributed by atoms with Crippen LogP contribution in [-0.4, -0.2) is 25.6 Å². The maximum absolute atomic E-state index is 12.2. The molecule has 1 aliphatic rings. The molecule has 1 aliphatic heterocycles. The molecule has 0 fully saturated rings. The molecule has 1 heterocycles. The number of aliphatic imine (C=N–C) groups is 1. The number of halogens is 2. The summed E-state index contributed by atoms with van der Waals surface area (Å²) in [5.41, 5.74) is 1.51. The Morgan fingerprint density at radius 2 is 2.04 bits per heavy atom. The molecule has 138 valence electrons. The zero-order chi connectivity index (χ0) is 19.4. The molecule has 0 saturated carbocycles. The topological polar surface area (TPSA) is 57.1 Å². The molecular formula is C20H15BrClNO4. The maximum Gasteiger partial charge on any atom is 0.363 e. The summed E-state index contributed by atoms with van der Waals surface area (Å²) in [4.78, 5) is 16.4. The number of ether oxygens (including phenoxy) is 3. The van der Waals surface area contributed by atoms with E-state index in [0.29, 0.717) is 34.3 Å². The van der Waals surface area contributed by atoms with Gasteiger partial charge in [0, 0.05) is 10.0 Å². The fraction of sp³-hybridized carbons (Fsp3) is 0.100. The Bertz CT molecular complexity index is 951. The summed E-state index contributed by atoms with van der Waals surface area (Å²) < 4.78 is 17.0. The Morgan fingerprint density at radius 3 is 2.70 bits per heavy atom. The second kappa shape index (κ2) is 8.41. The zero-order valence-electron chi connectivity index (χ0n) is 14.4. The third-order valence-corrected chi connectivity index (χ3v) is 4.42. The van der Waals surface area contributed by atoms with Gasteiger partial charge in [-0.1, -0.05) is 40.2 Å². The van der Waals surface area contributed by atoms with E-state index in [4.69, 9.17) is 25.8 Å². The van der Waals surface area contributed by atoms with Crippen LogP contribution in [-0.2, 0) is 9.53 Å². The van der Waals surface area contributed by atoms with Crippen LogP contribution < -0.4 is 9.47 Å². The third-order valence-electron chi connectivity index (χ3n) is 3.61. The zero-order valence-corrected chi connectivity index (χ0v) is 16.7. The average Bonchev–Trinajstić information content (AvgIpc) is 3.01. The molecule has 2 aromatic carbocycles. The molecule has 0 aliphatic carbocycles. The monoisotopic (exact) mass is 447 g/mol. The van der Waals surface area contributed by atoms with Gasteiger partial charge < -0.3 is 14.2 Å². The number of esters is 1. The molecule has 0 spiro atoms. The van der Waals surface area contributed by atoms with E-state index < -0.39 is 5.97 Å². The lowest BCUT2D eigenvalue weighted by Crippen LogP contribution is -2.05. The number of nitrogens with zero attached hydrogens (tertiary/aromatic N) is 1. The van der Waals surface area contributed by atoms with Crippen LogP contribution in [0.1, 0.15) is 11.1 Å². The van der Waals surface area contributed by atoms with Gasteiger partial charge in [-0.2, -0.15) is 0 Å². The number of carbonyl (C=O) groups is 1. The van der Waals surface area contributed by atoms with E-state index in [2.05, 4.69) is 27.5 Å². The van der Waals surface area contributed by atoms with E-state index in [1.165, 1.54) is 7.11 Å². The molecule has 0 N–H and O–H groups in total. The molecule has 0 unspecified atom stereocenters. The fourth-order valence-electron chi connectivity index (χ4n) is 2.39. The van der Waals surface area contributed by atoms with Crippen LogP contribution in [0.4, 0.5) is 0 Å². The van der Waals surface area contributed by atoms with Gasteiger partial charge in [0.05, 0.1) is 12.1 Å². The van der Waals surface area contributed by atoms with Crippen LogP contribution >= 0.6 is 27.5 Å². The first-order valence-corrected chi connectivity index (χ1v) is 9.08. The van der Waals surface area contributed by atoms with Crippen molar-refractivity contribution in [1.82, 2.24) is 0 Å². The van der Waals surface area contributed by atoms with Crippen molar-refractivity contribution in [3.05, 3.63) is 75.4 Å². The maximum atomic E-state index is 12.2. The van der Waals surface area contributed by atoms with Gasteiger partial charge >= 0.3 is 5.97 Å². The summed E-state index contributed by atoms with van der Waals surface area (Å²) in [5, 5.41) is 0.353. The summed E-state index contributed by atoms with van der Waals surface area (Å²) in [6, 6.07) is 10.7. The van der Waals surface area contributed by atoms with Gasteiger partial charge in [-0.25, -0.2) is 9.79 Å².